The monoisotopic (exact) mass is 784 g/mol. The Morgan fingerprint density at radius 3 is 1.88 bits per heavy atom. The maximum absolute atomic E-state index is 12.8. The Hall–Kier alpha value is -4.32. The fourth-order valence-corrected chi connectivity index (χ4v) is 6.60. The number of nitrogens with two attached hydrogens (primary N) is 1. The van der Waals surface area contributed by atoms with Crippen LogP contribution in [-0.4, -0.2) is 40.8 Å². The van der Waals surface area contributed by atoms with E-state index in [1.165, 1.54) is 14.2 Å². The lowest BCUT2D eigenvalue weighted by molar-refractivity contribution is -0.118. The van der Waals surface area contributed by atoms with Gasteiger partial charge in [0.15, 0.2) is 0 Å². The fourth-order valence-electron chi connectivity index (χ4n) is 4.98. The van der Waals surface area contributed by atoms with E-state index in [1.807, 2.05) is 74.5 Å². The van der Waals surface area contributed by atoms with Gasteiger partial charge in [0.2, 0.25) is 15.9 Å². The van der Waals surface area contributed by atoms with Gasteiger partial charge in [0.05, 0.1) is 14.2 Å². The molecule has 5 aromatic rings. The molecule has 0 saturated heterocycles. The number of aromatic hydroxyl groups is 1. The van der Waals surface area contributed by atoms with Gasteiger partial charge in [0.1, 0.15) is 39.3 Å². The van der Waals surface area contributed by atoms with E-state index in [0.29, 0.717) is 61.8 Å². The Balaban J connectivity index is 0.000000232. The van der Waals surface area contributed by atoms with Crippen LogP contribution in [0.3, 0.4) is 0 Å². The molecule has 1 aromatic heterocycles. The van der Waals surface area contributed by atoms with Gasteiger partial charge in [-0.1, -0.05) is 121 Å². The lowest BCUT2D eigenvalue weighted by Crippen LogP contribution is -2.12. The van der Waals surface area contributed by atoms with Crippen LogP contribution >= 0.6 is 58.4 Å². The van der Waals surface area contributed by atoms with Gasteiger partial charge < -0.3 is 25.1 Å². The second kappa shape index (κ2) is 19.9. The predicted octanol–water partition coefficient (Wildman–Crippen LogP) is 9.05. The van der Waals surface area contributed by atoms with Crippen LogP contribution in [-0.2, 0) is 22.4 Å². The molecule has 0 saturated carbocycles. The number of carbonyl (C=O) groups excluding carboxylic acids is 2. The van der Waals surface area contributed by atoms with Gasteiger partial charge in [-0.3, -0.25) is 9.59 Å². The first-order chi connectivity index (χ1) is 24.4. The number of aryl methyl sites for hydroxylation is 2. The predicted molar refractivity (Wildman–Crippen MR) is 211 cm³/mol. The van der Waals surface area contributed by atoms with E-state index in [2.05, 4.69) is 4.98 Å². The van der Waals surface area contributed by atoms with Crippen molar-refractivity contribution >= 4 is 74.9 Å². The average Bonchev–Trinajstić information content (AvgIpc) is 3.13. The van der Waals surface area contributed by atoms with Gasteiger partial charge in [0.25, 0.3) is 0 Å². The number of halogens is 3. The van der Waals surface area contributed by atoms with Crippen molar-refractivity contribution in [2.24, 2.45) is 5.73 Å². The third-order valence-corrected chi connectivity index (χ3v) is 9.21. The highest BCUT2D eigenvalue weighted by atomic mass is 35.5. The van der Waals surface area contributed by atoms with Crippen molar-refractivity contribution in [3.05, 3.63) is 127 Å². The summed E-state index contributed by atoms with van der Waals surface area (Å²) >= 11 is 23.2. The zero-order valence-corrected chi connectivity index (χ0v) is 32.0. The minimum Gasteiger partial charge on any atom is -0.496 e. The molecule has 0 bridgehead atoms. The van der Waals surface area contributed by atoms with Crippen LogP contribution in [0, 0.1) is 0 Å². The van der Waals surface area contributed by atoms with Crippen LogP contribution in [0.2, 0.25) is 10.0 Å². The number of carbonyl (C=O) groups is 2. The molecule has 5 rings (SSSR count). The third kappa shape index (κ3) is 10.8. The number of methoxy groups -OCH3 is 2. The van der Waals surface area contributed by atoms with Crippen LogP contribution in [0.1, 0.15) is 42.0 Å². The van der Waals surface area contributed by atoms with Crippen molar-refractivity contribution in [1.29, 1.82) is 0 Å². The van der Waals surface area contributed by atoms with E-state index in [0.717, 1.165) is 33.6 Å². The van der Waals surface area contributed by atoms with Crippen LogP contribution in [0.15, 0.2) is 89.7 Å². The number of rotatable bonds is 10. The van der Waals surface area contributed by atoms with Gasteiger partial charge in [-0.2, -0.15) is 0 Å². The standard InChI is InChI=1S/C19H16ClNO3S.C12H12Cl2O3.C7H7NS/c1-3-11-9-13(20)10-14(24-2)15(11)16-17(22)21-18(25-19(16)23)12-7-5-4-6-8-12;1-3-7-4-8(13)5-10(17-2)11(7)9(6-15)12(14)16;8-7(9)6-4-2-1-3-5-6/h4-10,22H,3H2,1-2H3;4-6,9H,3H2,1-2H3;1-5H,(H2,8,9). The molecule has 0 radical (unpaired) electrons. The Morgan fingerprint density at radius 2 is 1.43 bits per heavy atom. The number of benzene rings is 4. The molecule has 51 heavy (non-hydrogen) atoms. The summed E-state index contributed by atoms with van der Waals surface area (Å²) in [5.74, 6) is -0.476. The molecule has 0 amide bonds. The third-order valence-electron chi connectivity index (χ3n) is 7.39. The molecule has 0 aliphatic rings. The Morgan fingerprint density at radius 1 is 0.902 bits per heavy atom. The van der Waals surface area contributed by atoms with Crippen LogP contribution in [0.25, 0.3) is 21.7 Å². The summed E-state index contributed by atoms with van der Waals surface area (Å²) < 4.78 is 10.3. The van der Waals surface area contributed by atoms with E-state index in [1.54, 1.807) is 24.3 Å². The van der Waals surface area contributed by atoms with E-state index in [4.69, 9.17) is 62.2 Å². The van der Waals surface area contributed by atoms with E-state index in [9.17, 15) is 19.5 Å². The summed E-state index contributed by atoms with van der Waals surface area (Å²) in [6, 6.07) is 25.5. The lowest BCUT2D eigenvalue weighted by atomic mass is 9.93. The average molecular weight is 786 g/mol. The van der Waals surface area contributed by atoms with E-state index < -0.39 is 11.2 Å². The van der Waals surface area contributed by atoms with Gasteiger partial charge in [-0.25, -0.2) is 4.98 Å². The molecule has 13 heteroatoms. The summed E-state index contributed by atoms with van der Waals surface area (Å²) in [7, 11) is 2.96. The van der Waals surface area contributed by atoms with Crippen molar-refractivity contribution in [1.82, 2.24) is 4.98 Å². The Labute approximate surface area is 320 Å². The highest BCUT2D eigenvalue weighted by molar-refractivity contribution is 7.80. The van der Waals surface area contributed by atoms with E-state index >= 15 is 0 Å². The minimum atomic E-state index is -1.01. The number of nitrogens with zero attached hydrogens (tertiary/aromatic N) is 1. The minimum absolute atomic E-state index is 0.148. The second-order valence-corrected chi connectivity index (χ2v) is 13.2. The summed E-state index contributed by atoms with van der Waals surface area (Å²) in [6.45, 7) is 3.85. The normalized spacial score (nSPS) is 10.8. The molecule has 8 nitrogen and oxygen atoms in total. The van der Waals surface area contributed by atoms with Crippen LogP contribution < -0.4 is 19.9 Å². The smallest absolute Gasteiger partial charge is 0.247 e. The summed E-state index contributed by atoms with van der Waals surface area (Å²) in [5, 5.41) is 11.3. The van der Waals surface area contributed by atoms with Gasteiger partial charge in [-0.05, 0) is 59.8 Å². The zero-order valence-electron chi connectivity index (χ0n) is 28.1. The van der Waals surface area contributed by atoms with Crippen molar-refractivity contribution in [3.8, 4) is 39.1 Å². The van der Waals surface area contributed by atoms with Gasteiger partial charge in [-0.15, -0.1) is 0 Å². The van der Waals surface area contributed by atoms with E-state index in [-0.39, 0.29) is 16.2 Å². The van der Waals surface area contributed by atoms with Crippen molar-refractivity contribution in [2.75, 3.05) is 14.2 Å². The largest absolute Gasteiger partial charge is 0.496 e. The van der Waals surface area contributed by atoms with Crippen LogP contribution in [0.4, 0.5) is 0 Å². The Kier molecular flexibility index (Phi) is 16.0. The maximum atomic E-state index is 12.8. The SMILES string of the molecule is CCc1cc(Cl)cc(OC)c1-c1c(O)nc(-c2ccccc2)sc1=O.CCc1cc(Cl)cc(OC)c1C(C=O)C(=O)Cl.NC(=S)c1ccccc1. The molecule has 0 aliphatic carbocycles. The van der Waals surface area contributed by atoms with Gasteiger partial charge in [0, 0.05) is 32.3 Å². The highest BCUT2D eigenvalue weighted by Gasteiger charge is 2.25. The number of hydrogen-bond donors (Lipinski definition) is 2. The second-order valence-electron chi connectivity index (χ2n) is 10.5. The molecule has 0 fully saturated rings. The maximum Gasteiger partial charge on any atom is 0.247 e. The van der Waals surface area contributed by atoms with Crippen molar-refractivity contribution in [2.45, 2.75) is 32.6 Å². The molecule has 3 N–H and O–H groups in total. The number of aldehydes is 1. The molecule has 1 atom stereocenters. The number of hydrogen-bond acceptors (Lipinski definition) is 9. The summed E-state index contributed by atoms with van der Waals surface area (Å²) in [6.07, 6.45) is 1.78. The summed E-state index contributed by atoms with van der Waals surface area (Å²) in [5.41, 5.74) is 9.83. The van der Waals surface area contributed by atoms with Crippen molar-refractivity contribution < 1.29 is 24.2 Å². The first kappa shape index (κ1) is 41.1. The molecule has 1 heterocycles. The van der Waals surface area contributed by atoms with Gasteiger partial charge >= 0.3 is 0 Å². The lowest BCUT2D eigenvalue weighted by Gasteiger charge is -2.16. The molecular weight excluding hydrogens is 751 g/mol. The molecule has 1 unspecified atom stereocenters. The number of thiocarbonyl (C=S) groups is 1. The first-order valence-electron chi connectivity index (χ1n) is 15.4. The zero-order chi connectivity index (χ0) is 37.7. The topological polar surface area (TPSA) is 129 Å². The highest BCUT2D eigenvalue weighted by Crippen LogP contribution is 2.39. The van der Waals surface area contributed by atoms with Crippen LogP contribution in [0.5, 0.6) is 17.4 Å². The molecule has 266 valence electrons. The molecule has 0 spiro atoms. The molecule has 4 aromatic carbocycles. The quantitative estimate of drug-likeness (QED) is 0.0617. The molecule has 0 aliphatic heterocycles. The summed E-state index contributed by atoms with van der Waals surface area (Å²) in [4.78, 5) is 39.7. The number of aromatic nitrogens is 1. The molecular formula is C38H35Cl3N2O6S2. The fraction of sp³-hybridized carbons (Fsp3) is 0.184. The van der Waals surface area contributed by atoms with Crippen molar-refractivity contribution in [3.63, 3.8) is 0 Å². The Bertz CT molecular complexity index is 1990. The number of ether oxygens (including phenoxy) is 2. The first-order valence-corrected chi connectivity index (χ1v) is 17.8.